The van der Waals surface area contributed by atoms with Crippen LogP contribution in [0.5, 0.6) is 5.75 Å². The van der Waals surface area contributed by atoms with Gasteiger partial charge in [-0.1, -0.05) is 18.2 Å². The number of hydrogen-bond donors (Lipinski definition) is 2. The number of nitrogens with one attached hydrogen (secondary N) is 1. The molecule has 1 aliphatic rings. The van der Waals surface area contributed by atoms with Crippen LogP contribution in [0.1, 0.15) is 23.5 Å². The van der Waals surface area contributed by atoms with Crippen molar-refractivity contribution < 1.29 is 5.11 Å². The fourth-order valence-electron chi connectivity index (χ4n) is 3.36. The van der Waals surface area contributed by atoms with Crippen molar-refractivity contribution in [3.05, 3.63) is 78.4 Å². The molecule has 5 nitrogen and oxygen atoms in total. The van der Waals surface area contributed by atoms with Gasteiger partial charge < -0.3 is 19.9 Å². The number of aromatic hydroxyl groups is 1. The number of benzene rings is 1. The van der Waals surface area contributed by atoms with Gasteiger partial charge in [-0.15, -0.1) is 0 Å². The standard InChI is InChI=1S/C19H18N4OS/c1-22-12-6-9-15(22)18-17(13-7-4-5-11-20-13)21-19(25)23(18)14-8-2-3-10-16(14)24/h2-12,17-18,24H,1H3,(H,21,25)/t17-,18-/m1/s1. The summed E-state index contributed by atoms with van der Waals surface area (Å²) in [6.07, 6.45) is 3.79. The molecule has 1 aliphatic heterocycles. The van der Waals surface area contributed by atoms with Crippen LogP contribution in [0, 0.1) is 0 Å². The third-order valence-corrected chi connectivity index (χ3v) is 4.84. The molecule has 6 heteroatoms. The lowest BCUT2D eigenvalue weighted by atomic mass is 10.0. The van der Waals surface area contributed by atoms with Gasteiger partial charge in [-0.25, -0.2) is 0 Å². The number of nitrogens with zero attached hydrogens (tertiary/aromatic N) is 3. The molecule has 2 atom stereocenters. The van der Waals surface area contributed by atoms with Gasteiger partial charge in [0.15, 0.2) is 5.11 Å². The molecule has 126 valence electrons. The van der Waals surface area contributed by atoms with E-state index in [1.54, 1.807) is 18.3 Å². The summed E-state index contributed by atoms with van der Waals surface area (Å²) in [4.78, 5) is 6.49. The Labute approximate surface area is 151 Å². The quantitative estimate of drug-likeness (QED) is 0.710. The summed E-state index contributed by atoms with van der Waals surface area (Å²) in [6.45, 7) is 0. The molecule has 0 spiro atoms. The lowest BCUT2D eigenvalue weighted by Gasteiger charge is -2.28. The highest BCUT2D eigenvalue weighted by Gasteiger charge is 2.42. The molecule has 2 aromatic heterocycles. The first-order valence-electron chi connectivity index (χ1n) is 8.06. The first-order valence-corrected chi connectivity index (χ1v) is 8.47. The number of hydrogen-bond acceptors (Lipinski definition) is 3. The van der Waals surface area contributed by atoms with Crippen LogP contribution in [-0.2, 0) is 7.05 Å². The van der Waals surface area contributed by atoms with E-state index in [2.05, 4.69) is 20.9 Å². The third kappa shape index (κ3) is 2.64. The fraction of sp³-hybridized carbons (Fsp3) is 0.158. The minimum Gasteiger partial charge on any atom is -0.506 e. The molecule has 3 aromatic rings. The van der Waals surface area contributed by atoms with Gasteiger partial charge in [0, 0.05) is 25.1 Å². The van der Waals surface area contributed by atoms with E-state index in [0.29, 0.717) is 10.8 Å². The predicted molar refractivity (Wildman–Crippen MR) is 101 cm³/mol. The van der Waals surface area contributed by atoms with E-state index in [-0.39, 0.29) is 17.8 Å². The highest BCUT2D eigenvalue weighted by Crippen LogP contribution is 2.43. The fourth-order valence-corrected chi connectivity index (χ4v) is 3.70. The molecule has 1 aromatic carbocycles. The van der Waals surface area contributed by atoms with Crippen LogP contribution in [0.2, 0.25) is 0 Å². The van der Waals surface area contributed by atoms with E-state index in [0.717, 1.165) is 11.4 Å². The zero-order valence-electron chi connectivity index (χ0n) is 13.7. The predicted octanol–water partition coefficient (Wildman–Crippen LogP) is 3.30. The van der Waals surface area contributed by atoms with E-state index in [4.69, 9.17) is 12.2 Å². The van der Waals surface area contributed by atoms with Crippen LogP contribution in [0.3, 0.4) is 0 Å². The molecule has 0 bridgehead atoms. The van der Waals surface area contributed by atoms with E-state index in [1.807, 2.05) is 54.5 Å². The first-order chi connectivity index (χ1) is 12.2. The number of thiocarbonyl (C=S) groups is 1. The number of phenolic OH excluding ortho intramolecular Hbond substituents is 1. The second-order valence-electron chi connectivity index (χ2n) is 6.03. The van der Waals surface area contributed by atoms with Crippen molar-refractivity contribution in [3.8, 4) is 5.75 Å². The van der Waals surface area contributed by atoms with Crippen LogP contribution >= 0.6 is 12.2 Å². The van der Waals surface area contributed by atoms with Gasteiger partial charge in [-0.05, 0) is 48.6 Å². The smallest absolute Gasteiger partial charge is 0.174 e. The number of para-hydroxylation sites is 2. The summed E-state index contributed by atoms with van der Waals surface area (Å²) < 4.78 is 2.07. The highest BCUT2D eigenvalue weighted by atomic mass is 32.1. The van der Waals surface area contributed by atoms with Crippen molar-refractivity contribution in [1.29, 1.82) is 0 Å². The lowest BCUT2D eigenvalue weighted by Crippen LogP contribution is -2.30. The van der Waals surface area contributed by atoms with Crippen molar-refractivity contribution in [1.82, 2.24) is 14.9 Å². The summed E-state index contributed by atoms with van der Waals surface area (Å²) in [5, 5.41) is 14.3. The SMILES string of the molecule is Cn1cccc1[C@@H]1[C@@H](c2ccccn2)NC(=S)N1c1ccccc1O. The van der Waals surface area contributed by atoms with Crippen LogP contribution in [0.4, 0.5) is 5.69 Å². The maximum Gasteiger partial charge on any atom is 0.174 e. The average Bonchev–Trinajstić information content (AvgIpc) is 3.19. The molecule has 0 aliphatic carbocycles. The molecule has 0 amide bonds. The van der Waals surface area contributed by atoms with Crippen molar-refractivity contribution >= 4 is 23.0 Å². The van der Waals surface area contributed by atoms with Gasteiger partial charge >= 0.3 is 0 Å². The molecule has 0 saturated carbocycles. The monoisotopic (exact) mass is 350 g/mol. The van der Waals surface area contributed by atoms with Gasteiger partial charge in [-0.2, -0.15) is 0 Å². The number of phenols is 1. The topological polar surface area (TPSA) is 53.3 Å². The van der Waals surface area contributed by atoms with E-state index in [9.17, 15) is 5.11 Å². The molecule has 4 rings (SSSR count). The van der Waals surface area contributed by atoms with Crippen LogP contribution in [0.25, 0.3) is 0 Å². The molecule has 1 saturated heterocycles. The first kappa shape index (κ1) is 15.7. The minimum atomic E-state index is -0.115. The zero-order chi connectivity index (χ0) is 17.4. The molecular weight excluding hydrogens is 332 g/mol. The number of aromatic nitrogens is 2. The van der Waals surface area contributed by atoms with Crippen molar-refractivity contribution in [3.63, 3.8) is 0 Å². The number of rotatable bonds is 3. The maximum absolute atomic E-state index is 10.4. The molecule has 3 heterocycles. The average molecular weight is 350 g/mol. The van der Waals surface area contributed by atoms with Crippen molar-refractivity contribution in [2.45, 2.75) is 12.1 Å². The Morgan fingerprint density at radius 1 is 1.08 bits per heavy atom. The summed E-state index contributed by atoms with van der Waals surface area (Å²) in [5.74, 6) is 0.201. The Hall–Kier alpha value is -2.86. The normalized spacial score (nSPS) is 19.9. The second kappa shape index (κ2) is 6.22. The maximum atomic E-state index is 10.4. The lowest BCUT2D eigenvalue weighted by molar-refractivity contribution is 0.471. The number of aryl methyl sites for hydroxylation is 1. The van der Waals surface area contributed by atoms with Gasteiger partial charge in [0.05, 0.1) is 17.4 Å². The van der Waals surface area contributed by atoms with Crippen LogP contribution < -0.4 is 10.2 Å². The Morgan fingerprint density at radius 2 is 1.88 bits per heavy atom. The molecule has 25 heavy (non-hydrogen) atoms. The Kier molecular flexibility index (Phi) is 3.89. The van der Waals surface area contributed by atoms with Gasteiger partial charge in [0.2, 0.25) is 0 Å². The van der Waals surface area contributed by atoms with Crippen molar-refractivity contribution in [2.24, 2.45) is 7.05 Å². The minimum absolute atomic E-state index is 0.109. The summed E-state index contributed by atoms with van der Waals surface area (Å²) in [7, 11) is 2.01. The summed E-state index contributed by atoms with van der Waals surface area (Å²) in [6, 6.07) is 17.0. The third-order valence-electron chi connectivity index (χ3n) is 4.53. The van der Waals surface area contributed by atoms with Gasteiger partial charge in [0.1, 0.15) is 11.8 Å². The molecule has 0 unspecified atom stereocenters. The van der Waals surface area contributed by atoms with Gasteiger partial charge in [0.25, 0.3) is 0 Å². The van der Waals surface area contributed by atoms with Crippen LogP contribution in [0.15, 0.2) is 67.0 Å². The van der Waals surface area contributed by atoms with Crippen LogP contribution in [-0.4, -0.2) is 19.8 Å². The molecule has 2 N–H and O–H groups in total. The van der Waals surface area contributed by atoms with Gasteiger partial charge in [-0.3, -0.25) is 4.98 Å². The Balaban J connectivity index is 1.87. The largest absolute Gasteiger partial charge is 0.506 e. The van der Waals surface area contributed by atoms with E-state index >= 15 is 0 Å². The molecular formula is C19H18N4OS. The Morgan fingerprint density at radius 3 is 2.56 bits per heavy atom. The number of pyridine rings is 1. The highest BCUT2D eigenvalue weighted by molar-refractivity contribution is 7.80. The molecule has 1 fully saturated rings. The zero-order valence-corrected chi connectivity index (χ0v) is 14.5. The van der Waals surface area contributed by atoms with E-state index < -0.39 is 0 Å². The summed E-state index contributed by atoms with van der Waals surface area (Å²) in [5.41, 5.74) is 2.69. The summed E-state index contributed by atoms with van der Waals surface area (Å²) >= 11 is 5.62. The van der Waals surface area contributed by atoms with E-state index in [1.165, 1.54) is 0 Å². The second-order valence-corrected chi connectivity index (χ2v) is 6.42. The number of anilines is 1. The molecule has 0 radical (unpaired) electrons. The van der Waals surface area contributed by atoms with Crippen molar-refractivity contribution in [2.75, 3.05) is 4.90 Å². The Bertz CT molecular complexity index is 909.